The summed E-state index contributed by atoms with van der Waals surface area (Å²) in [5.41, 5.74) is 7.96. The molecule has 0 radical (unpaired) electrons. The second-order valence-corrected chi connectivity index (χ2v) is 7.21. The van der Waals surface area contributed by atoms with Crippen LogP contribution in [-0.2, 0) is 0 Å². The predicted molar refractivity (Wildman–Crippen MR) is 91.1 cm³/mol. The Balaban J connectivity index is 1.75. The molecule has 0 aliphatic carbocycles. The van der Waals surface area contributed by atoms with Crippen LogP contribution in [0, 0.1) is 6.92 Å². The van der Waals surface area contributed by atoms with Crippen LogP contribution in [-0.4, -0.2) is 39.9 Å². The molecule has 0 atom stereocenters. The average molecular weight is 323 g/mol. The Hall–Kier alpha value is -1.18. The normalized spacial score (nSPS) is 17.2. The van der Waals surface area contributed by atoms with Crippen molar-refractivity contribution in [3.63, 3.8) is 0 Å². The van der Waals surface area contributed by atoms with Gasteiger partial charge >= 0.3 is 0 Å². The first-order chi connectivity index (χ1) is 10.2. The van der Waals surface area contributed by atoms with Crippen LogP contribution >= 0.6 is 22.9 Å². The van der Waals surface area contributed by atoms with Crippen LogP contribution in [0.1, 0.15) is 24.8 Å². The summed E-state index contributed by atoms with van der Waals surface area (Å²) in [6.45, 7) is 7.70. The molecule has 1 aliphatic heterocycles. The summed E-state index contributed by atoms with van der Waals surface area (Å²) in [6, 6.07) is 0.506. The van der Waals surface area contributed by atoms with Crippen LogP contribution < -0.4 is 11.1 Å². The van der Waals surface area contributed by atoms with Crippen molar-refractivity contribution in [1.29, 1.82) is 0 Å². The van der Waals surface area contributed by atoms with Crippen LogP contribution in [0.3, 0.4) is 0 Å². The van der Waals surface area contributed by atoms with Gasteiger partial charge in [0.25, 0.3) is 0 Å². The molecule has 0 aromatic carbocycles. The fourth-order valence-electron chi connectivity index (χ4n) is 2.71. The van der Waals surface area contributed by atoms with E-state index in [1.807, 2.05) is 6.92 Å². The number of hydrogen-bond acceptors (Lipinski definition) is 7. The molecular formula is C14H21N5S2. The standard InChI is InChI=1S/C14H21N5S2/c1-3-19-6-4-10(5-7-19)17-14-12(13(15)18-21-14)11-8-20-9(2)16-11/h8,10,17H,3-7H2,1-2H3,(H2,15,18). The van der Waals surface area contributed by atoms with Crippen LogP contribution in [0.2, 0.25) is 0 Å². The molecule has 1 fully saturated rings. The molecule has 21 heavy (non-hydrogen) atoms. The third-order valence-electron chi connectivity index (χ3n) is 3.96. The average Bonchev–Trinajstić information content (AvgIpc) is 3.06. The lowest BCUT2D eigenvalue weighted by atomic mass is 10.0. The molecule has 7 heteroatoms. The first-order valence-corrected chi connectivity index (χ1v) is 8.99. The van der Waals surface area contributed by atoms with Crippen LogP contribution in [0.5, 0.6) is 0 Å². The summed E-state index contributed by atoms with van der Waals surface area (Å²) in [6.07, 6.45) is 2.34. The molecule has 3 N–H and O–H groups in total. The number of aryl methyl sites for hydroxylation is 1. The van der Waals surface area contributed by atoms with Gasteiger partial charge in [0.05, 0.1) is 16.3 Å². The van der Waals surface area contributed by atoms with Gasteiger partial charge in [-0.25, -0.2) is 4.98 Å². The molecule has 1 saturated heterocycles. The van der Waals surface area contributed by atoms with E-state index < -0.39 is 0 Å². The maximum Gasteiger partial charge on any atom is 0.148 e. The maximum atomic E-state index is 6.05. The van der Waals surface area contributed by atoms with Crippen LogP contribution in [0.25, 0.3) is 11.3 Å². The molecule has 1 aliphatic rings. The van der Waals surface area contributed by atoms with Gasteiger partial charge in [0.15, 0.2) is 0 Å². The number of nitrogens with two attached hydrogens (primary N) is 1. The van der Waals surface area contributed by atoms with Gasteiger partial charge in [-0.2, -0.15) is 4.37 Å². The minimum Gasteiger partial charge on any atom is -0.382 e. The highest BCUT2D eigenvalue weighted by atomic mass is 32.1. The van der Waals surface area contributed by atoms with Crippen LogP contribution in [0.15, 0.2) is 5.38 Å². The van der Waals surface area contributed by atoms with E-state index in [0.717, 1.165) is 40.9 Å². The topological polar surface area (TPSA) is 67.1 Å². The molecule has 0 spiro atoms. The first-order valence-electron chi connectivity index (χ1n) is 7.34. The third-order valence-corrected chi connectivity index (χ3v) is 5.53. The lowest BCUT2D eigenvalue weighted by Gasteiger charge is -2.31. The van der Waals surface area contributed by atoms with Gasteiger partial charge in [-0.15, -0.1) is 11.3 Å². The number of anilines is 2. The van der Waals surface area contributed by atoms with Crippen molar-refractivity contribution in [3.05, 3.63) is 10.4 Å². The number of piperidine rings is 1. The molecule has 0 saturated carbocycles. The summed E-state index contributed by atoms with van der Waals surface area (Å²) in [5.74, 6) is 0.582. The summed E-state index contributed by atoms with van der Waals surface area (Å²) >= 11 is 3.09. The minimum atomic E-state index is 0.506. The van der Waals surface area contributed by atoms with Gasteiger partial charge in [0, 0.05) is 24.5 Å². The number of thiazole rings is 1. The van der Waals surface area contributed by atoms with Gasteiger partial charge in [-0.3, -0.25) is 0 Å². The minimum absolute atomic E-state index is 0.506. The van der Waals surface area contributed by atoms with E-state index in [1.54, 1.807) is 11.3 Å². The zero-order valence-electron chi connectivity index (χ0n) is 12.4. The predicted octanol–water partition coefficient (Wildman–Crippen LogP) is 3.05. The maximum absolute atomic E-state index is 6.05. The number of nitrogens with one attached hydrogen (secondary N) is 1. The van der Waals surface area contributed by atoms with Crippen molar-refractivity contribution < 1.29 is 0 Å². The van der Waals surface area contributed by atoms with Crippen molar-refractivity contribution in [2.24, 2.45) is 0 Å². The second kappa shape index (κ2) is 6.29. The number of hydrogen-bond donors (Lipinski definition) is 2. The zero-order valence-corrected chi connectivity index (χ0v) is 14.1. The van der Waals surface area contributed by atoms with E-state index in [9.17, 15) is 0 Å². The summed E-state index contributed by atoms with van der Waals surface area (Å²) in [4.78, 5) is 7.04. The molecule has 3 rings (SSSR count). The van der Waals surface area contributed by atoms with Gasteiger partial charge < -0.3 is 16.0 Å². The quantitative estimate of drug-likeness (QED) is 0.905. The number of aromatic nitrogens is 2. The van der Waals surface area contributed by atoms with Crippen molar-refractivity contribution in [3.8, 4) is 11.3 Å². The van der Waals surface area contributed by atoms with Crippen molar-refractivity contribution >= 4 is 33.7 Å². The van der Waals surface area contributed by atoms with Crippen molar-refractivity contribution in [1.82, 2.24) is 14.3 Å². The van der Waals surface area contributed by atoms with E-state index in [0.29, 0.717) is 11.9 Å². The monoisotopic (exact) mass is 323 g/mol. The SMILES string of the molecule is CCN1CCC(Nc2snc(N)c2-c2csc(C)n2)CC1. The number of nitrogen functional groups attached to an aromatic ring is 1. The molecule has 2 aromatic heterocycles. The van der Waals surface area contributed by atoms with Gasteiger partial charge in [-0.1, -0.05) is 6.92 Å². The summed E-state index contributed by atoms with van der Waals surface area (Å²) in [7, 11) is 0. The highest BCUT2D eigenvalue weighted by molar-refractivity contribution is 7.11. The summed E-state index contributed by atoms with van der Waals surface area (Å²) in [5, 5.41) is 7.81. The van der Waals surface area contributed by atoms with E-state index in [2.05, 4.69) is 31.9 Å². The summed E-state index contributed by atoms with van der Waals surface area (Å²) < 4.78 is 4.31. The Morgan fingerprint density at radius 1 is 1.43 bits per heavy atom. The van der Waals surface area contributed by atoms with Crippen molar-refractivity contribution in [2.45, 2.75) is 32.7 Å². The van der Waals surface area contributed by atoms with E-state index in [4.69, 9.17) is 5.73 Å². The molecule has 0 bridgehead atoms. The third kappa shape index (κ3) is 3.20. The van der Waals surface area contributed by atoms with E-state index >= 15 is 0 Å². The molecule has 3 heterocycles. The van der Waals surface area contributed by atoms with Crippen molar-refractivity contribution in [2.75, 3.05) is 30.7 Å². The zero-order chi connectivity index (χ0) is 14.8. The Morgan fingerprint density at radius 2 is 2.19 bits per heavy atom. The number of rotatable bonds is 4. The molecule has 0 amide bonds. The lowest BCUT2D eigenvalue weighted by molar-refractivity contribution is 0.230. The molecule has 114 valence electrons. The Kier molecular flexibility index (Phi) is 4.42. The smallest absolute Gasteiger partial charge is 0.148 e. The Bertz CT molecular complexity index is 598. The second-order valence-electron chi connectivity index (χ2n) is 5.38. The van der Waals surface area contributed by atoms with Gasteiger partial charge in [-0.05, 0) is 37.8 Å². The fourth-order valence-corrected chi connectivity index (χ4v) is 4.11. The Morgan fingerprint density at radius 3 is 2.81 bits per heavy atom. The fraction of sp³-hybridized carbons (Fsp3) is 0.571. The van der Waals surface area contributed by atoms with Gasteiger partial charge in [0.1, 0.15) is 10.8 Å². The van der Waals surface area contributed by atoms with Crippen LogP contribution in [0.4, 0.5) is 10.8 Å². The largest absolute Gasteiger partial charge is 0.382 e. The highest BCUT2D eigenvalue weighted by Crippen LogP contribution is 2.38. The van der Waals surface area contributed by atoms with E-state index in [1.165, 1.54) is 24.4 Å². The molecule has 0 unspecified atom stereocenters. The number of likely N-dealkylation sites (tertiary alicyclic amines) is 1. The highest BCUT2D eigenvalue weighted by Gasteiger charge is 2.22. The van der Waals surface area contributed by atoms with E-state index in [-0.39, 0.29) is 0 Å². The van der Waals surface area contributed by atoms with Gasteiger partial charge in [0.2, 0.25) is 0 Å². The molecule has 2 aromatic rings. The molecule has 5 nitrogen and oxygen atoms in total. The number of nitrogens with zero attached hydrogens (tertiary/aromatic N) is 3. The lowest BCUT2D eigenvalue weighted by Crippen LogP contribution is -2.38. The molecular weight excluding hydrogens is 302 g/mol. The first kappa shape index (κ1) is 14.7. The Labute approximate surface area is 133 Å².